The van der Waals surface area contributed by atoms with E-state index in [9.17, 15) is 5.11 Å². The first kappa shape index (κ1) is 7.62. The third-order valence-electron chi connectivity index (χ3n) is 2.16. The van der Waals surface area contributed by atoms with E-state index in [0.717, 1.165) is 18.1 Å². The molecule has 1 N–H and O–H groups in total. The number of aliphatic hydroxyl groups is 1. The molecule has 54 valence electrons. The molecule has 1 unspecified atom stereocenters. The topological polar surface area (TPSA) is 20.2 Å². The van der Waals surface area contributed by atoms with E-state index in [4.69, 9.17) is 0 Å². The Hall–Kier alpha value is 0.518. The molecular weight excluding hydrogens is 175 g/mol. The van der Waals surface area contributed by atoms with E-state index in [1.807, 2.05) is 0 Å². The second-order valence-electron chi connectivity index (χ2n) is 2.99. The normalized spacial score (nSPS) is 26.0. The molecule has 0 bridgehead atoms. The van der Waals surface area contributed by atoms with Gasteiger partial charge in [0, 0.05) is 0 Å². The van der Waals surface area contributed by atoms with Crippen molar-refractivity contribution in [3.05, 3.63) is 0 Å². The molecule has 1 aliphatic rings. The second kappa shape index (κ2) is 3.07. The summed E-state index contributed by atoms with van der Waals surface area (Å²) in [7, 11) is 0. The van der Waals surface area contributed by atoms with Crippen molar-refractivity contribution in [2.75, 3.05) is 0 Å². The Morgan fingerprint density at radius 1 is 1.22 bits per heavy atom. The van der Waals surface area contributed by atoms with E-state index in [1.165, 1.54) is 19.3 Å². The van der Waals surface area contributed by atoms with Gasteiger partial charge in [-0.1, -0.05) is 0 Å². The van der Waals surface area contributed by atoms with Crippen molar-refractivity contribution in [3.63, 3.8) is 0 Å². The zero-order valence-corrected chi connectivity index (χ0v) is 8.19. The fraction of sp³-hybridized carbons (Fsp3) is 1.00. The molecule has 0 aromatic carbocycles. The van der Waals surface area contributed by atoms with Crippen LogP contribution in [0.5, 0.6) is 0 Å². The monoisotopic (exact) mass is 190 g/mol. The van der Waals surface area contributed by atoms with Crippen molar-refractivity contribution >= 4 is 16.9 Å². The Morgan fingerprint density at radius 3 is 2.11 bits per heavy atom. The van der Waals surface area contributed by atoms with Crippen LogP contribution in [0.3, 0.4) is 0 Å². The number of hydrogen-bond donors (Lipinski definition) is 1. The van der Waals surface area contributed by atoms with Gasteiger partial charge in [0.2, 0.25) is 0 Å². The average Bonchev–Trinajstić information content (AvgIpc) is 1.90. The fourth-order valence-electron chi connectivity index (χ4n) is 1.41. The molecule has 1 nitrogen and oxygen atoms in total. The summed E-state index contributed by atoms with van der Waals surface area (Å²) in [6.07, 6.45) is 5.90. The van der Waals surface area contributed by atoms with Crippen molar-refractivity contribution in [2.24, 2.45) is 0 Å². The molecular formula is C7H15AsO. The standard InChI is InChI=1S/C7H15AsO/c8-6-7(9)4-2-1-3-5-7/h9H,1-6,8H2. The predicted octanol–water partition coefficient (Wildman–Crippen LogP) is 0.733. The fourth-order valence-corrected chi connectivity index (χ4v) is 2.27. The van der Waals surface area contributed by atoms with Crippen LogP contribution in [0.2, 0.25) is 5.21 Å². The van der Waals surface area contributed by atoms with Crippen LogP contribution in [-0.2, 0) is 0 Å². The first-order valence-corrected chi connectivity index (χ1v) is 5.41. The molecule has 1 aliphatic carbocycles. The first-order valence-electron chi connectivity index (χ1n) is 3.69. The van der Waals surface area contributed by atoms with Crippen LogP contribution in [0.4, 0.5) is 0 Å². The zero-order chi connectivity index (χ0) is 6.74. The SMILES string of the molecule is OC1(C[AsH2])CCCCC1. The molecule has 0 aliphatic heterocycles. The minimum absolute atomic E-state index is 0.252. The summed E-state index contributed by atoms with van der Waals surface area (Å²) in [6.45, 7) is 0. The van der Waals surface area contributed by atoms with Crippen molar-refractivity contribution in [1.29, 1.82) is 0 Å². The van der Waals surface area contributed by atoms with Crippen molar-refractivity contribution in [3.8, 4) is 0 Å². The van der Waals surface area contributed by atoms with Crippen LogP contribution in [0.15, 0.2) is 0 Å². The average molecular weight is 190 g/mol. The van der Waals surface area contributed by atoms with Gasteiger partial charge in [0.15, 0.2) is 0 Å². The molecule has 0 amide bonds. The van der Waals surface area contributed by atoms with Crippen molar-refractivity contribution in [2.45, 2.75) is 42.9 Å². The molecule has 0 spiro atoms. The Bertz CT molecular complexity index is 86.9. The summed E-state index contributed by atoms with van der Waals surface area (Å²) in [5.41, 5.74) is -0.252. The van der Waals surface area contributed by atoms with Crippen LogP contribution in [0, 0.1) is 0 Å². The van der Waals surface area contributed by atoms with Gasteiger partial charge in [-0.05, 0) is 0 Å². The van der Waals surface area contributed by atoms with E-state index < -0.39 is 0 Å². The summed E-state index contributed by atoms with van der Waals surface area (Å²) in [6, 6.07) is 0. The Labute approximate surface area is 65.3 Å². The van der Waals surface area contributed by atoms with Gasteiger partial charge in [0.25, 0.3) is 0 Å². The predicted molar refractivity (Wildman–Crippen MR) is 41.4 cm³/mol. The van der Waals surface area contributed by atoms with Gasteiger partial charge in [-0.2, -0.15) is 0 Å². The molecule has 0 saturated heterocycles. The van der Waals surface area contributed by atoms with E-state index in [-0.39, 0.29) is 5.60 Å². The summed E-state index contributed by atoms with van der Waals surface area (Å²) < 4.78 is 0. The van der Waals surface area contributed by atoms with E-state index in [1.54, 1.807) is 16.9 Å². The van der Waals surface area contributed by atoms with E-state index in [2.05, 4.69) is 0 Å². The summed E-state index contributed by atoms with van der Waals surface area (Å²) >= 11 is 1.66. The molecule has 1 atom stereocenters. The summed E-state index contributed by atoms with van der Waals surface area (Å²) in [4.78, 5) is 0. The minimum atomic E-state index is -0.252. The third kappa shape index (κ3) is 1.98. The van der Waals surface area contributed by atoms with E-state index >= 15 is 0 Å². The molecule has 1 fully saturated rings. The summed E-state index contributed by atoms with van der Waals surface area (Å²) in [5, 5.41) is 10.7. The van der Waals surface area contributed by atoms with Gasteiger partial charge < -0.3 is 0 Å². The Kier molecular flexibility index (Phi) is 2.60. The van der Waals surface area contributed by atoms with Gasteiger partial charge in [-0.3, -0.25) is 0 Å². The third-order valence-corrected chi connectivity index (χ3v) is 3.76. The van der Waals surface area contributed by atoms with E-state index in [0.29, 0.717) is 0 Å². The van der Waals surface area contributed by atoms with Crippen LogP contribution in [-0.4, -0.2) is 27.6 Å². The van der Waals surface area contributed by atoms with Crippen molar-refractivity contribution in [1.82, 2.24) is 0 Å². The molecule has 0 aromatic rings. The molecule has 2 heteroatoms. The summed E-state index contributed by atoms with van der Waals surface area (Å²) in [5.74, 6) is 0. The quantitative estimate of drug-likeness (QED) is 0.604. The Morgan fingerprint density at radius 2 is 1.78 bits per heavy atom. The number of hydrogen-bond acceptors (Lipinski definition) is 1. The maximum atomic E-state index is 9.70. The maximum absolute atomic E-state index is 9.70. The number of rotatable bonds is 1. The van der Waals surface area contributed by atoms with Gasteiger partial charge in [-0.15, -0.1) is 0 Å². The first-order chi connectivity index (χ1) is 4.27. The van der Waals surface area contributed by atoms with Gasteiger partial charge in [0.1, 0.15) is 0 Å². The molecule has 0 aromatic heterocycles. The Balaban J connectivity index is 2.37. The molecule has 1 rings (SSSR count). The van der Waals surface area contributed by atoms with Crippen LogP contribution < -0.4 is 0 Å². The van der Waals surface area contributed by atoms with Crippen LogP contribution in [0.1, 0.15) is 32.1 Å². The van der Waals surface area contributed by atoms with Gasteiger partial charge >= 0.3 is 64.9 Å². The zero-order valence-electron chi connectivity index (χ0n) is 5.77. The van der Waals surface area contributed by atoms with Crippen LogP contribution in [0.25, 0.3) is 0 Å². The van der Waals surface area contributed by atoms with Gasteiger partial charge in [0.05, 0.1) is 0 Å². The second-order valence-corrected chi connectivity index (χ2v) is 3.85. The molecule has 0 heterocycles. The van der Waals surface area contributed by atoms with Gasteiger partial charge in [-0.25, -0.2) is 0 Å². The molecule has 1 saturated carbocycles. The molecule has 0 radical (unpaired) electrons. The van der Waals surface area contributed by atoms with Crippen molar-refractivity contribution < 1.29 is 5.11 Å². The molecule has 9 heavy (non-hydrogen) atoms. The van der Waals surface area contributed by atoms with Crippen LogP contribution >= 0.6 is 0 Å².